The topological polar surface area (TPSA) is 71.5 Å². The van der Waals surface area contributed by atoms with Crippen molar-refractivity contribution < 1.29 is 14.3 Å². The molecule has 166 valence electrons. The number of pyridine rings is 1. The van der Waals surface area contributed by atoms with Crippen LogP contribution < -0.4 is 5.32 Å². The van der Waals surface area contributed by atoms with Crippen molar-refractivity contribution in [3.8, 4) is 0 Å². The first-order chi connectivity index (χ1) is 15.4. The van der Waals surface area contributed by atoms with Gasteiger partial charge in [-0.1, -0.05) is 24.3 Å². The smallest absolute Gasteiger partial charge is 0.310 e. The molecule has 0 aliphatic carbocycles. The molecule has 1 N–H and O–H groups in total. The van der Waals surface area contributed by atoms with Gasteiger partial charge in [-0.15, -0.1) is 0 Å². The van der Waals surface area contributed by atoms with Crippen LogP contribution in [0.25, 0.3) is 10.9 Å². The summed E-state index contributed by atoms with van der Waals surface area (Å²) >= 11 is 0. The lowest BCUT2D eigenvalue weighted by Gasteiger charge is -2.32. The van der Waals surface area contributed by atoms with Crippen molar-refractivity contribution in [1.29, 1.82) is 0 Å². The Balaban J connectivity index is 1.66. The van der Waals surface area contributed by atoms with E-state index in [0.717, 1.165) is 40.6 Å². The molecule has 0 bridgehead atoms. The van der Waals surface area contributed by atoms with Gasteiger partial charge >= 0.3 is 5.97 Å². The van der Waals surface area contributed by atoms with Crippen molar-refractivity contribution >= 4 is 34.3 Å². The highest BCUT2D eigenvalue weighted by Gasteiger charge is 2.30. The predicted molar refractivity (Wildman–Crippen MR) is 126 cm³/mol. The predicted octanol–water partition coefficient (Wildman–Crippen LogP) is 5.01. The van der Waals surface area contributed by atoms with Gasteiger partial charge in [0, 0.05) is 24.2 Å². The minimum atomic E-state index is -0.270. The second-order valence-corrected chi connectivity index (χ2v) is 8.42. The summed E-state index contributed by atoms with van der Waals surface area (Å²) in [4.78, 5) is 32.3. The Morgan fingerprint density at radius 3 is 2.62 bits per heavy atom. The van der Waals surface area contributed by atoms with Gasteiger partial charge in [0.05, 0.1) is 23.6 Å². The number of fused-ring (bicyclic) bond motifs is 1. The molecule has 0 radical (unpaired) electrons. The second kappa shape index (κ2) is 9.39. The molecule has 2 aromatic carbocycles. The molecule has 1 amide bonds. The van der Waals surface area contributed by atoms with Crippen molar-refractivity contribution in [3.05, 3.63) is 65.2 Å². The highest BCUT2D eigenvalue weighted by molar-refractivity contribution is 6.07. The number of carbonyl (C=O) groups excluding carboxylic acids is 2. The lowest BCUT2D eigenvalue weighted by molar-refractivity contribution is -0.149. The zero-order chi connectivity index (χ0) is 22.7. The van der Waals surface area contributed by atoms with Crippen molar-refractivity contribution in [2.45, 2.75) is 33.6 Å². The first-order valence-electron chi connectivity index (χ1n) is 11.2. The van der Waals surface area contributed by atoms with E-state index in [1.807, 2.05) is 30.3 Å². The normalized spacial score (nSPS) is 16.1. The molecule has 6 nitrogen and oxygen atoms in total. The lowest BCUT2D eigenvalue weighted by atomic mass is 9.97. The number of benzene rings is 2. The van der Waals surface area contributed by atoms with Gasteiger partial charge in [0.1, 0.15) is 5.82 Å². The van der Waals surface area contributed by atoms with Crippen LogP contribution in [0.15, 0.2) is 48.5 Å². The van der Waals surface area contributed by atoms with Gasteiger partial charge in [0.2, 0.25) is 0 Å². The van der Waals surface area contributed by atoms with E-state index in [-0.39, 0.29) is 17.8 Å². The number of ether oxygens (including phenoxy) is 1. The summed E-state index contributed by atoms with van der Waals surface area (Å²) in [7, 11) is 0. The fourth-order valence-electron chi connectivity index (χ4n) is 4.40. The maximum absolute atomic E-state index is 13.6. The number of piperidine rings is 1. The summed E-state index contributed by atoms with van der Waals surface area (Å²) in [6.45, 7) is 7.27. The molecule has 2 heterocycles. The summed E-state index contributed by atoms with van der Waals surface area (Å²) in [5, 5.41) is 4.17. The monoisotopic (exact) mass is 431 g/mol. The Labute approximate surface area is 188 Å². The number of anilines is 2. The second-order valence-electron chi connectivity index (χ2n) is 8.42. The van der Waals surface area contributed by atoms with Gasteiger partial charge < -0.3 is 15.0 Å². The van der Waals surface area contributed by atoms with E-state index < -0.39 is 0 Å². The molecule has 32 heavy (non-hydrogen) atoms. The number of hydrogen-bond donors (Lipinski definition) is 1. The molecule has 4 rings (SSSR count). The molecular weight excluding hydrogens is 402 g/mol. The van der Waals surface area contributed by atoms with E-state index in [1.54, 1.807) is 11.8 Å². The first kappa shape index (κ1) is 21.8. The van der Waals surface area contributed by atoms with Gasteiger partial charge in [-0.2, -0.15) is 0 Å². The average Bonchev–Trinajstić information content (AvgIpc) is 2.77. The minimum absolute atomic E-state index is 0.0823. The largest absolute Gasteiger partial charge is 0.466 e. The van der Waals surface area contributed by atoms with Crippen molar-refractivity contribution in [1.82, 2.24) is 9.88 Å². The molecule has 1 saturated heterocycles. The molecule has 1 aliphatic rings. The molecule has 1 aliphatic heterocycles. The summed E-state index contributed by atoms with van der Waals surface area (Å²) in [5.41, 5.74) is 4.59. The van der Waals surface area contributed by atoms with Crippen LogP contribution in [0, 0.1) is 19.8 Å². The van der Waals surface area contributed by atoms with Crippen molar-refractivity contribution in [2.75, 3.05) is 25.0 Å². The summed E-state index contributed by atoms with van der Waals surface area (Å²) < 4.78 is 5.19. The van der Waals surface area contributed by atoms with Crippen LogP contribution in [0.2, 0.25) is 0 Å². The van der Waals surface area contributed by atoms with Crippen LogP contribution >= 0.6 is 0 Å². The van der Waals surface area contributed by atoms with Gasteiger partial charge in [-0.05, 0) is 69.0 Å². The van der Waals surface area contributed by atoms with Crippen LogP contribution in [-0.2, 0) is 9.53 Å². The summed E-state index contributed by atoms with van der Waals surface area (Å²) in [6, 6.07) is 15.7. The van der Waals surface area contributed by atoms with Gasteiger partial charge in [0.25, 0.3) is 5.91 Å². The molecule has 1 fully saturated rings. The van der Waals surface area contributed by atoms with Gasteiger partial charge in [0.15, 0.2) is 0 Å². The third kappa shape index (κ3) is 4.74. The van der Waals surface area contributed by atoms with E-state index in [9.17, 15) is 9.59 Å². The van der Waals surface area contributed by atoms with Gasteiger partial charge in [-0.25, -0.2) is 4.98 Å². The van der Waals surface area contributed by atoms with E-state index in [1.165, 1.54) is 0 Å². The van der Waals surface area contributed by atoms with E-state index in [4.69, 9.17) is 9.72 Å². The highest BCUT2D eigenvalue weighted by Crippen LogP contribution is 2.27. The number of carbonyl (C=O) groups is 2. The van der Waals surface area contributed by atoms with Crippen molar-refractivity contribution in [3.63, 3.8) is 0 Å². The number of hydrogen-bond acceptors (Lipinski definition) is 5. The molecular formula is C26H29N3O3. The Bertz CT molecular complexity index is 1140. The van der Waals surface area contributed by atoms with Crippen LogP contribution in [0.4, 0.5) is 11.5 Å². The van der Waals surface area contributed by atoms with Crippen LogP contribution in [0.1, 0.15) is 41.3 Å². The molecule has 0 saturated carbocycles. The number of nitrogens with one attached hydrogen (secondary N) is 1. The van der Waals surface area contributed by atoms with Crippen LogP contribution in [-0.4, -0.2) is 41.5 Å². The Hall–Kier alpha value is -3.41. The number of para-hydroxylation sites is 1. The third-order valence-electron chi connectivity index (χ3n) is 5.77. The fourth-order valence-corrected chi connectivity index (χ4v) is 4.40. The maximum atomic E-state index is 13.6. The fraction of sp³-hybridized carbons (Fsp3) is 0.346. The zero-order valence-corrected chi connectivity index (χ0v) is 18.9. The highest BCUT2D eigenvalue weighted by atomic mass is 16.5. The third-order valence-corrected chi connectivity index (χ3v) is 5.77. The average molecular weight is 432 g/mol. The Morgan fingerprint density at radius 2 is 1.88 bits per heavy atom. The number of esters is 1. The Kier molecular flexibility index (Phi) is 6.40. The lowest BCUT2D eigenvalue weighted by Crippen LogP contribution is -2.42. The minimum Gasteiger partial charge on any atom is -0.466 e. The molecule has 1 atom stereocenters. The number of nitrogens with zero attached hydrogens (tertiary/aromatic N) is 2. The first-order valence-corrected chi connectivity index (χ1v) is 11.2. The van der Waals surface area contributed by atoms with Crippen LogP contribution in [0.3, 0.4) is 0 Å². The molecule has 1 aromatic heterocycles. The summed E-state index contributed by atoms with van der Waals surface area (Å²) in [6.07, 6.45) is 1.53. The number of amides is 1. The molecule has 0 spiro atoms. The molecule has 6 heteroatoms. The number of aryl methyl sites for hydroxylation is 2. The zero-order valence-electron chi connectivity index (χ0n) is 18.9. The molecule has 3 aromatic rings. The van der Waals surface area contributed by atoms with Crippen LogP contribution in [0.5, 0.6) is 0 Å². The van der Waals surface area contributed by atoms with E-state index in [0.29, 0.717) is 31.1 Å². The standard InChI is InChI=1S/C26H29N3O3/c1-4-32-26(31)19-8-7-11-29(16-19)25(30)22-15-24(28-23-10-6-5-9-21(22)23)27-20-13-17(2)12-18(3)14-20/h5-6,9-10,12-15,19H,4,7-8,11,16H2,1-3H3,(H,27,28)/t19-/m0/s1. The van der Waals surface area contributed by atoms with Gasteiger partial charge in [-0.3, -0.25) is 9.59 Å². The van der Waals surface area contributed by atoms with E-state index >= 15 is 0 Å². The summed E-state index contributed by atoms with van der Waals surface area (Å²) in [5.74, 6) is 0.0486. The number of likely N-dealkylation sites (tertiary alicyclic amines) is 1. The van der Waals surface area contributed by atoms with E-state index in [2.05, 4.69) is 37.4 Å². The number of aromatic nitrogens is 1. The number of rotatable bonds is 5. The van der Waals surface area contributed by atoms with Crippen molar-refractivity contribution in [2.24, 2.45) is 5.92 Å². The Morgan fingerprint density at radius 1 is 1.12 bits per heavy atom. The SMILES string of the molecule is CCOC(=O)[C@H]1CCCN(C(=O)c2cc(Nc3cc(C)cc(C)c3)nc3ccccc23)C1. The molecule has 0 unspecified atom stereocenters. The quantitative estimate of drug-likeness (QED) is 0.575. The maximum Gasteiger partial charge on any atom is 0.310 e.